The molecule has 3 aromatic rings. The Morgan fingerprint density at radius 3 is 2.89 bits per heavy atom. The van der Waals surface area contributed by atoms with Crippen LogP contribution in [0.15, 0.2) is 30.5 Å². The number of rotatable bonds is 1. The van der Waals surface area contributed by atoms with Gasteiger partial charge in [-0.3, -0.25) is 4.98 Å². The third kappa shape index (κ3) is 1.85. The largest absolute Gasteiger partial charge is 0.382 e. The number of nitrogens with zero attached hydrogens (tertiary/aromatic N) is 3. The van der Waals surface area contributed by atoms with Gasteiger partial charge in [-0.2, -0.15) is 5.26 Å². The summed E-state index contributed by atoms with van der Waals surface area (Å²) in [6.45, 7) is 2.02. The Morgan fingerprint density at radius 2 is 2.11 bits per heavy atom. The van der Waals surface area contributed by atoms with E-state index in [9.17, 15) is 0 Å². The average Bonchev–Trinajstić information content (AvgIpc) is 2.38. The molecule has 19 heavy (non-hydrogen) atoms. The van der Waals surface area contributed by atoms with Crippen LogP contribution in [0.2, 0.25) is 0 Å². The van der Waals surface area contributed by atoms with Crippen molar-refractivity contribution in [3.63, 3.8) is 0 Å². The molecule has 2 N–H and O–H groups in total. The van der Waals surface area contributed by atoms with Gasteiger partial charge in [0, 0.05) is 17.0 Å². The zero-order chi connectivity index (χ0) is 13.4. The number of nitrogen functional groups attached to an aromatic ring is 1. The number of aryl methyl sites for hydroxylation is 1. The van der Waals surface area contributed by atoms with Gasteiger partial charge in [0.15, 0.2) is 5.82 Å². The van der Waals surface area contributed by atoms with Crippen molar-refractivity contribution in [3.8, 4) is 6.07 Å². The second kappa shape index (κ2) is 4.21. The Labute approximate surface area is 110 Å². The minimum Gasteiger partial charge on any atom is -0.382 e. The van der Waals surface area contributed by atoms with Gasteiger partial charge in [0.1, 0.15) is 5.52 Å². The minimum absolute atomic E-state index is 0.346. The van der Waals surface area contributed by atoms with E-state index in [2.05, 4.69) is 16.0 Å². The molecular formula is C15H12N4. The first-order chi connectivity index (χ1) is 9.19. The predicted molar refractivity (Wildman–Crippen MR) is 75.5 cm³/mol. The molecule has 0 fully saturated rings. The van der Waals surface area contributed by atoms with Crippen LogP contribution in [0.25, 0.3) is 21.8 Å². The fraction of sp³-hybridized carbons (Fsp3) is 0.133. The highest BCUT2D eigenvalue weighted by Gasteiger charge is 2.08. The van der Waals surface area contributed by atoms with E-state index in [1.807, 2.05) is 31.2 Å². The molecule has 4 nitrogen and oxygen atoms in total. The summed E-state index contributed by atoms with van der Waals surface area (Å²) < 4.78 is 0. The normalized spacial score (nSPS) is 10.7. The molecule has 0 aliphatic rings. The standard InChI is InChI=1S/C15H12N4/c1-9-2-3-11-12-7-10(4-5-16)8-18-14(12)15(17)19-13(11)6-9/h2-3,6-8H,4H2,1H3,(H2,17,19). The molecule has 0 atom stereocenters. The zero-order valence-electron chi connectivity index (χ0n) is 10.5. The maximum atomic E-state index is 8.78. The van der Waals surface area contributed by atoms with Crippen molar-refractivity contribution >= 4 is 27.6 Å². The van der Waals surface area contributed by atoms with Crippen LogP contribution in [0.1, 0.15) is 11.1 Å². The summed E-state index contributed by atoms with van der Waals surface area (Å²) in [5, 5.41) is 10.8. The van der Waals surface area contributed by atoms with Gasteiger partial charge in [-0.05, 0) is 30.2 Å². The van der Waals surface area contributed by atoms with Crippen molar-refractivity contribution in [2.24, 2.45) is 0 Å². The molecule has 0 aliphatic heterocycles. The summed E-state index contributed by atoms with van der Waals surface area (Å²) in [7, 11) is 0. The number of anilines is 1. The molecule has 0 bridgehead atoms. The van der Waals surface area contributed by atoms with Crippen LogP contribution in [0.5, 0.6) is 0 Å². The summed E-state index contributed by atoms with van der Waals surface area (Å²) in [6.07, 6.45) is 2.03. The lowest BCUT2D eigenvalue weighted by atomic mass is 10.1. The van der Waals surface area contributed by atoms with Crippen molar-refractivity contribution in [1.82, 2.24) is 9.97 Å². The molecule has 2 aromatic heterocycles. The lowest BCUT2D eigenvalue weighted by Gasteiger charge is -2.07. The lowest BCUT2D eigenvalue weighted by Crippen LogP contribution is -1.97. The molecule has 0 radical (unpaired) electrons. The van der Waals surface area contributed by atoms with Crippen LogP contribution in [0, 0.1) is 18.3 Å². The summed E-state index contributed by atoms with van der Waals surface area (Å²) >= 11 is 0. The molecule has 1 aromatic carbocycles. The Kier molecular flexibility index (Phi) is 2.53. The van der Waals surface area contributed by atoms with Gasteiger partial charge in [0.2, 0.25) is 0 Å². The fourth-order valence-corrected chi connectivity index (χ4v) is 2.25. The van der Waals surface area contributed by atoms with Crippen LogP contribution in [0.4, 0.5) is 5.82 Å². The third-order valence-corrected chi connectivity index (χ3v) is 3.15. The van der Waals surface area contributed by atoms with Gasteiger partial charge in [-0.15, -0.1) is 0 Å². The van der Waals surface area contributed by atoms with Crippen molar-refractivity contribution in [1.29, 1.82) is 5.26 Å². The molecule has 0 amide bonds. The van der Waals surface area contributed by atoms with E-state index in [0.29, 0.717) is 17.8 Å². The highest BCUT2D eigenvalue weighted by atomic mass is 14.9. The van der Waals surface area contributed by atoms with E-state index in [1.165, 1.54) is 0 Å². The first kappa shape index (κ1) is 11.4. The molecule has 2 heterocycles. The second-order valence-corrected chi connectivity index (χ2v) is 4.59. The molecule has 4 heteroatoms. The van der Waals surface area contributed by atoms with Crippen LogP contribution < -0.4 is 5.73 Å². The number of hydrogen-bond acceptors (Lipinski definition) is 4. The smallest absolute Gasteiger partial charge is 0.150 e. The molecule has 0 saturated heterocycles. The SMILES string of the molecule is Cc1ccc2c(c1)nc(N)c1ncc(CC#N)cc12. The molecular weight excluding hydrogens is 236 g/mol. The van der Waals surface area contributed by atoms with Crippen molar-refractivity contribution in [2.45, 2.75) is 13.3 Å². The molecule has 0 spiro atoms. The number of pyridine rings is 2. The zero-order valence-corrected chi connectivity index (χ0v) is 10.5. The van der Waals surface area contributed by atoms with Crippen molar-refractivity contribution in [3.05, 3.63) is 41.6 Å². The quantitative estimate of drug-likeness (QED) is 0.672. The van der Waals surface area contributed by atoms with Gasteiger partial charge in [0.25, 0.3) is 0 Å². The van der Waals surface area contributed by atoms with Gasteiger partial charge in [-0.25, -0.2) is 4.98 Å². The fourth-order valence-electron chi connectivity index (χ4n) is 2.25. The van der Waals surface area contributed by atoms with Gasteiger partial charge >= 0.3 is 0 Å². The predicted octanol–water partition coefficient (Wildman–Crippen LogP) is 2.74. The molecule has 0 saturated carbocycles. The lowest BCUT2D eigenvalue weighted by molar-refractivity contribution is 1.22. The Morgan fingerprint density at radius 1 is 1.26 bits per heavy atom. The highest BCUT2D eigenvalue weighted by molar-refractivity contribution is 6.08. The number of benzene rings is 1. The Balaban J connectivity index is 2.43. The van der Waals surface area contributed by atoms with Crippen LogP contribution in [-0.2, 0) is 6.42 Å². The van der Waals surface area contributed by atoms with Gasteiger partial charge < -0.3 is 5.73 Å². The Bertz CT molecular complexity index is 831. The summed E-state index contributed by atoms with van der Waals surface area (Å²) in [5.41, 5.74) is 9.54. The third-order valence-electron chi connectivity index (χ3n) is 3.15. The molecule has 3 rings (SSSR count). The molecule has 0 aliphatic carbocycles. The number of aromatic nitrogens is 2. The maximum Gasteiger partial charge on any atom is 0.150 e. The number of nitriles is 1. The number of fused-ring (bicyclic) bond motifs is 3. The molecule has 92 valence electrons. The van der Waals surface area contributed by atoms with E-state index < -0.39 is 0 Å². The van der Waals surface area contributed by atoms with Gasteiger partial charge in [0.05, 0.1) is 18.0 Å². The molecule has 0 unspecified atom stereocenters. The topological polar surface area (TPSA) is 75.6 Å². The number of hydrogen-bond donors (Lipinski definition) is 1. The van der Waals surface area contributed by atoms with Gasteiger partial charge in [-0.1, -0.05) is 12.1 Å². The number of nitrogens with two attached hydrogens (primary N) is 1. The van der Waals surface area contributed by atoms with Crippen LogP contribution >= 0.6 is 0 Å². The van der Waals surface area contributed by atoms with Crippen LogP contribution in [-0.4, -0.2) is 9.97 Å². The minimum atomic E-state index is 0.346. The summed E-state index contributed by atoms with van der Waals surface area (Å²) in [6, 6.07) is 10.2. The van der Waals surface area contributed by atoms with Crippen molar-refractivity contribution < 1.29 is 0 Å². The summed E-state index contributed by atoms with van der Waals surface area (Å²) in [4.78, 5) is 8.72. The monoisotopic (exact) mass is 248 g/mol. The summed E-state index contributed by atoms with van der Waals surface area (Å²) in [5.74, 6) is 0.427. The second-order valence-electron chi connectivity index (χ2n) is 4.59. The Hall–Kier alpha value is -2.67. The van der Waals surface area contributed by atoms with E-state index in [-0.39, 0.29) is 0 Å². The van der Waals surface area contributed by atoms with E-state index in [4.69, 9.17) is 11.0 Å². The van der Waals surface area contributed by atoms with E-state index >= 15 is 0 Å². The van der Waals surface area contributed by atoms with E-state index in [0.717, 1.165) is 27.4 Å². The highest BCUT2D eigenvalue weighted by Crippen LogP contribution is 2.27. The van der Waals surface area contributed by atoms with Crippen molar-refractivity contribution in [2.75, 3.05) is 5.73 Å². The first-order valence-electron chi connectivity index (χ1n) is 6.00. The average molecular weight is 248 g/mol. The maximum absolute atomic E-state index is 8.78. The van der Waals surface area contributed by atoms with E-state index in [1.54, 1.807) is 6.20 Å². The first-order valence-corrected chi connectivity index (χ1v) is 6.00. The van der Waals surface area contributed by atoms with Crippen LogP contribution in [0.3, 0.4) is 0 Å².